The van der Waals surface area contributed by atoms with Crippen molar-refractivity contribution >= 4 is 45.0 Å². The van der Waals surface area contributed by atoms with Crippen LogP contribution in [0.1, 0.15) is 49.7 Å². The van der Waals surface area contributed by atoms with Crippen molar-refractivity contribution in [2.24, 2.45) is 11.8 Å². The number of thioether (sulfide) groups is 1. The quantitative estimate of drug-likeness (QED) is 0.479. The van der Waals surface area contributed by atoms with Gasteiger partial charge in [-0.3, -0.25) is 4.79 Å². The van der Waals surface area contributed by atoms with Crippen LogP contribution in [0.4, 0.5) is 5.69 Å². The van der Waals surface area contributed by atoms with Crippen LogP contribution in [-0.2, 0) is 26.7 Å². The summed E-state index contributed by atoms with van der Waals surface area (Å²) in [6.45, 7) is 2.18. The van der Waals surface area contributed by atoms with Crippen LogP contribution in [0.25, 0.3) is 0 Å². The molecule has 6 rings (SSSR count). The Kier molecular flexibility index (Phi) is 6.87. The first-order chi connectivity index (χ1) is 17.8. The van der Waals surface area contributed by atoms with E-state index in [2.05, 4.69) is 21.8 Å². The van der Waals surface area contributed by atoms with Gasteiger partial charge in [0.25, 0.3) is 10.0 Å². The van der Waals surface area contributed by atoms with Crippen LogP contribution in [0.3, 0.4) is 0 Å². The highest BCUT2D eigenvalue weighted by atomic mass is 35.5. The zero-order chi connectivity index (χ0) is 25.6. The Morgan fingerprint density at radius 1 is 1.08 bits per heavy atom. The van der Waals surface area contributed by atoms with Gasteiger partial charge in [0.15, 0.2) is 0 Å². The lowest BCUT2D eigenvalue weighted by molar-refractivity contribution is -0.119. The summed E-state index contributed by atoms with van der Waals surface area (Å²) in [4.78, 5) is 14.9. The Morgan fingerprint density at radius 3 is 2.78 bits per heavy atom. The van der Waals surface area contributed by atoms with Crippen molar-refractivity contribution < 1.29 is 17.9 Å². The largest absolute Gasteiger partial charge is 0.490 e. The van der Waals surface area contributed by atoms with Crippen LogP contribution in [0.5, 0.6) is 5.75 Å². The number of hydrogen-bond acceptors (Lipinski definition) is 6. The number of rotatable bonds is 0. The average molecular weight is 561 g/mol. The number of hydrogen-bond donors (Lipinski definition) is 1. The van der Waals surface area contributed by atoms with Crippen molar-refractivity contribution in [3.63, 3.8) is 0 Å². The molecule has 6 nitrogen and oxygen atoms in total. The molecule has 2 aromatic rings. The van der Waals surface area contributed by atoms with Crippen molar-refractivity contribution in [1.82, 2.24) is 4.72 Å². The molecule has 2 heterocycles. The molecule has 9 heteroatoms. The smallest absolute Gasteiger partial charge is 0.264 e. The van der Waals surface area contributed by atoms with Crippen LogP contribution < -0.4 is 14.4 Å². The zero-order valence-corrected chi connectivity index (χ0v) is 23.3. The molecule has 37 heavy (non-hydrogen) atoms. The molecular weight excluding hydrogens is 528 g/mol. The number of benzene rings is 2. The maximum atomic E-state index is 13.1. The summed E-state index contributed by atoms with van der Waals surface area (Å²) in [5.41, 5.74) is 3.20. The number of carbonyl (C=O) groups excluding carboxylic acids is 1. The van der Waals surface area contributed by atoms with Gasteiger partial charge in [0, 0.05) is 29.9 Å². The SMILES string of the molecule is O=C1CCCSC[C@@H]2CC[C@H]2CN2C[C@@]3(CCCc4cc(Cl)ccc43)COc3ccc(cc32)S(=O)(=O)N1. The fourth-order valence-corrected chi connectivity index (χ4v) is 8.96. The van der Waals surface area contributed by atoms with Gasteiger partial charge < -0.3 is 9.64 Å². The number of fused-ring (bicyclic) bond motifs is 4. The molecule has 2 aliphatic carbocycles. The third-order valence-electron chi connectivity index (χ3n) is 8.62. The highest BCUT2D eigenvalue weighted by molar-refractivity contribution is 7.99. The molecule has 1 fully saturated rings. The molecular formula is C28H33ClN2O4S2. The van der Waals surface area contributed by atoms with Crippen LogP contribution in [0, 0.1) is 11.8 Å². The van der Waals surface area contributed by atoms with Crippen LogP contribution in [-0.4, -0.2) is 45.5 Å². The van der Waals surface area contributed by atoms with E-state index in [1.54, 1.807) is 18.2 Å². The summed E-state index contributed by atoms with van der Waals surface area (Å²) in [5, 5.41) is 0.759. The van der Waals surface area contributed by atoms with E-state index < -0.39 is 15.9 Å². The lowest BCUT2D eigenvalue weighted by Crippen LogP contribution is -2.48. The zero-order valence-electron chi connectivity index (χ0n) is 20.9. The monoisotopic (exact) mass is 560 g/mol. The van der Waals surface area contributed by atoms with E-state index in [9.17, 15) is 13.2 Å². The molecule has 198 valence electrons. The highest BCUT2D eigenvalue weighted by Gasteiger charge is 2.43. The molecule has 0 radical (unpaired) electrons. The summed E-state index contributed by atoms with van der Waals surface area (Å²) < 4.78 is 35.0. The van der Waals surface area contributed by atoms with Gasteiger partial charge >= 0.3 is 0 Å². The number of nitrogens with zero attached hydrogens (tertiary/aromatic N) is 1. The molecule has 0 saturated heterocycles. The van der Waals surface area contributed by atoms with Gasteiger partial charge in [-0.25, -0.2) is 13.1 Å². The van der Waals surface area contributed by atoms with Gasteiger partial charge in [-0.2, -0.15) is 11.8 Å². The summed E-state index contributed by atoms with van der Waals surface area (Å²) in [6, 6.07) is 11.3. The molecule has 1 amide bonds. The minimum absolute atomic E-state index is 0.106. The summed E-state index contributed by atoms with van der Waals surface area (Å²) in [5.74, 6) is 3.43. The van der Waals surface area contributed by atoms with Crippen molar-refractivity contribution in [2.45, 2.75) is 55.3 Å². The number of amides is 1. The van der Waals surface area contributed by atoms with Gasteiger partial charge in [0.2, 0.25) is 5.91 Å². The summed E-state index contributed by atoms with van der Waals surface area (Å²) in [6.07, 6.45) is 6.40. The maximum absolute atomic E-state index is 13.1. The predicted octanol–water partition coefficient (Wildman–Crippen LogP) is 5.17. The average Bonchev–Trinajstić information content (AvgIpc) is 3.00. The molecule has 4 aliphatic rings. The Labute approximate surface area is 228 Å². The minimum atomic E-state index is -3.97. The normalized spacial score (nSPS) is 29.3. The van der Waals surface area contributed by atoms with Crippen molar-refractivity contribution in [3.8, 4) is 5.75 Å². The second-order valence-electron chi connectivity index (χ2n) is 11.0. The van der Waals surface area contributed by atoms with Gasteiger partial charge in [0.1, 0.15) is 5.75 Å². The molecule has 1 spiro atoms. The Balaban J connectivity index is 1.42. The molecule has 2 aliphatic heterocycles. The standard InChI is InChI=1S/C28H33ClN2O4S2/c29-22-7-9-24-19(13-22)3-1-11-28(24)17-31-15-20-5-6-21(20)16-36-12-2-4-27(32)30-37(33,34)23-8-10-26(35-18-28)25(31)14-23/h7-10,13-14,20-21H,1-6,11-12,15-18H2,(H,30,32)/t20-,21-,28-/m0/s1. The minimum Gasteiger partial charge on any atom is -0.490 e. The van der Waals surface area contributed by atoms with Crippen molar-refractivity contribution in [3.05, 3.63) is 52.5 Å². The van der Waals surface area contributed by atoms with Gasteiger partial charge in [-0.15, -0.1) is 0 Å². The Bertz CT molecular complexity index is 1320. The Hall–Kier alpha value is -1.90. The van der Waals surface area contributed by atoms with E-state index in [1.807, 2.05) is 17.8 Å². The van der Waals surface area contributed by atoms with Gasteiger partial charge in [0.05, 0.1) is 17.2 Å². The second kappa shape index (κ2) is 10.0. The summed E-state index contributed by atoms with van der Waals surface area (Å²) >= 11 is 8.25. The van der Waals surface area contributed by atoms with Crippen LogP contribution in [0.15, 0.2) is 41.3 Å². The molecule has 0 aromatic heterocycles. The molecule has 2 bridgehead atoms. The van der Waals surface area contributed by atoms with Gasteiger partial charge in [-0.05, 0) is 103 Å². The number of halogens is 1. The lowest BCUT2D eigenvalue weighted by atomic mass is 9.69. The molecule has 0 unspecified atom stereocenters. The lowest BCUT2D eigenvalue weighted by Gasteiger charge is -2.44. The highest BCUT2D eigenvalue weighted by Crippen LogP contribution is 2.46. The van der Waals surface area contributed by atoms with Crippen LogP contribution in [0.2, 0.25) is 5.02 Å². The van der Waals surface area contributed by atoms with E-state index in [4.69, 9.17) is 16.3 Å². The number of sulfonamides is 1. The predicted molar refractivity (Wildman–Crippen MR) is 148 cm³/mol. The topological polar surface area (TPSA) is 75.7 Å². The van der Waals surface area contributed by atoms with E-state index in [0.717, 1.165) is 54.6 Å². The first-order valence-electron chi connectivity index (χ1n) is 13.3. The number of anilines is 1. The third-order valence-corrected chi connectivity index (χ3v) is 11.5. The second-order valence-corrected chi connectivity index (χ2v) is 14.3. The number of aryl methyl sites for hydroxylation is 1. The van der Waals surface area contributed by atoms with Crippen molar-refractivity contribution in [2.75, 3.05) is 36.1 Å². The van der Waals surface area contributed by atoms with E-state index in [1.165, 1.54) is 24.0 Å². The first kappa shape index (κ1) is 25.4. The van der Waals surface area contributed by atoms with Crippen LogP contribution >= 0.6 is 23.4 Å². The van der Waals surface area contributed by atoms with Gasteiger partial charge in [-0.1, -0.05) is 17.7 Å². The summed E-state index contributed by atoms with van der Waals surface area (Å²) in [7, 11) is -3.97. The number of carbonyl (C=O) groups is 1. The van der Waals surface area contributed by atoms with E-state index in [0.29, 0.717) is 30.6 Å². The first-order valence-corrected chi connectivity index (χ1v) is 16.3. The molecule has 2 aromatic carbocycles. The maximum Gasteiger partial charge on any atom is 0.264 e. The molecule has 3 atom stereocenters. The molecule has 1 saturated carbocycles. The fraction of sp³-hybridized carbons (Fsp3) is 0.536. The fourth-order valence-electron chi connectivity index (χ4n) is 6.47. The van der Waals surface area contributed by atoms with E-state index >= 15 is 0 Å². The van der Waals surface area contributed by atoms with Crippen molar-refractivity contribution in [1.29, 1.82) is 0 Å². The van der Waals surface area contributed by atoms with E-state index in [-0.39, 0.29) is 16.7 Å². The number of ether oxygens (including phenoxy) is 1. The Morgan fingerprint density at radius 2 is 1.95 bits per heavy atom. The number of nitrogens with one attached hydrogen (secondary N) is 1. The third kappa shape index (κ3) is 4.97. The molecule has 1 N–H and O–H groups in total.